The molecular weight excluding hydrogens is 260 g/mol. The van der Waals surface area contributed by atoms with E-state index in [0.29, 0.717) is 5.92 Å². The molecule has 0 spiro atoms. The standard InChI is InChI=1S/C18H28N2O/c1-17(2)13-18(14-19,9-11-21-17)20-10-8-16(12-20)15-6-4-3-5-7-15/h3-7,16H,8-14,19H2,1-2H3. The van der Waals surface area contributed by atoms with Gasteiger partial charge < -0.3 is 10.5 Å². The Morgan fingerprint density at radius 2 is 2.05 bits per heavy atom. The third kappa shape index (κ3) is 3.01. The maximum atomic E-state index is 6.23. The molecule has 0 bridgehead atoms. The quantitative estimate of drug-likeness (QED) is 0.929. The van der Waals surface area contributed by atoms with E-state index in [1.165, 1.54) is 12.0 Å². The molecule has 2 atom stereocenters. The van der Waals surface area contributed by atoms with E-state index >= 15 is 0 Å². The van der Waals surface area contributed by atoms with Crippen molar-refractivity contribution < 1.29 is 4.74 Å². The second-order valence-corrected chi connectivity index (χ2v) is 7.31. The summed E-state index contributed by atoms with van der Waals surface area (Å²) in [5.41, 5.74) is 7.77. The third-order valence-electron chi connectivity index (χ3n) is 5.33. The first kappa shape index (κ1) is 15.0. The smallest absolute Gasteiger partial charge is 0.0644 e. The number of likely N-dealkylation sites (tertiary alicyclic amines) is 1. The largest absolute Gasteiger partial charge is 0.375 e. The van der Waals surface area contributed by atoms with Crippen molar-refractivity contribution in [3.8, 4) is 0 Å². The molecule has 21 heavy (non-hydrogen) atoms. The maximum absolute atomic E-state index is 6.23. The maximum Gasteiger partial charge on any atom is 0.0644 e. The van der Waals surface area contributed by atoms with Gasteiger partial charge >= 0.3 is 0 Å². The molecule has 0 aliphatic carbocycles. The Bertz CT molecular complexity index is 473. The minimum atomic E-state index is -0.0531. The summed E-state index contributed by atoms with van der Waals surface area (Å²) in [6, 6.07) is 10.9. The monoisotopic (exact) mass is 288 g/mol. The number of hydrogen-bond donors (Lipinski definition) is 1. The Morgan fingerprint density at radius 3 is 2.71 bits per heavy atom. The second kappa shape index (κ2) is 5.71. The van der Waals surface area contributed by atoms with Crippen molar-refractivity contribution in [2.75, 3.05) is 26.2 Å². The lowest BCUT2D eigenvalue weighted by Gasteiger charge is -2.49. The molecule has 1 aromatic carbocycles. The van der Waals surface area contributed by atoms with E-state index < -0.39 is 0 Å². The van der Waals surface area contributed by atoms with Gasteiger partial charge in [0, 0.05) is 25.2 Å². The number of ether oxygens (including phenoxy) is 1. The van der Waals surface area contributed by atoms with Crippen LogP contribution in [0, 0.1) is 0 Å². The number of hydrogen-bond acceptors (Lipinski definition) is 3. The number of benzene rings is 1. The van der Waals surface area contributed by atoms with Crippen LogP contribution in [-0.4, -0.2) is 42.3 Å². The van der Waals surface area contributed by atoms with E-state index in [4.69, 9.17) is 10.5 Å². The van der Waals surface area contributed by atoms with Gasteiger partial charge in [-0.1, -0.05) is 30.3 Å². The summed E-state index contributed by atoms with van der Waals surface area (Å²) in [6.07, 6.45) is 3.35. The van der Waals surface area contributed by atoms with Crippen LogP contribution in [0.5, 0.6) is 0 Å². The zero-order valence-electron chi connectivity index (χ0n) is 13.3. The van der Waals surface area contributed by atoms with Crippen molar-refractivity contribution in [1.82, 2.24) is 4.90 Å². The summed E-state index contributed by atoms with van der Waals surface area (Å²) in [5, 5.41) is 0. The molecule has 2 heterocycles. The first-order chi connectivity index (χ1) is 10.0. The highest BCUT2D eigenvalue weighted by molar-refractivity contribution is 5.21. The fraction of sp³-hybridized carbons (Fsp3) is 0.667. The van der Waals surface area contributed by atoms with Gasteiger partial charge in [-0.25, -0.2) is 0 Å². The topological polar surface area (TPSA) is 38.5 Å². The summed E-state index contributed by atoms with van der Waals surface area (Å²) < 4.78 is 5.91. The molecule has 3 rings (SSSR count). The zero-order valence-corrected chi connectivity index (χ0v) is 13.3. The summed E-state index contributed by atoms with van der Waals surface area (Å²) in [6.45, 7) is 8.25. The van der Waals surface area contributed by atoms with Gasteiger partial charge in [0.05, 0.1) is 5.60 Å². The summed E-state index contributed by atoms with van der Waals surface area (Å²) >= 11 is 0. The van der Waals surface area contributed by atoms with Crippen molar-refractivity contribution in [2.45, 2.75) is 50.2 Å². The lowest BCUT2D eigenvalue weighted by molar-refractivity contribution is -0.114. The van der Waals surface area contributed by atoms with E-state index in [1.807, 2.05) is 0 Å². The van der Waals surface area contributed by atoms with Crippen molar-refractivity contribution in [3.63, 3.8) is 0 Å². The predicted octanol–water partition coefficient (Wildman–Crippen LogP) is 2.76. The molecule has 2 saturated heterocycles. The van der Waals surface area contributed by atoms with Gasteiger partial charge in [-0.3, -0.25) is 4.90 Å². The molecule has 3 heteroatoms. The fourth-order valence-corrected chi connectivity index (χ4v) is 4.21. The molecule has 2 N–H and O–H groups in total. The molecule has 2 aliphatic heterocycles. The number of rotatable bonds is 3. The van der Waals surface area contributed by atoms with Crippen molar-refractivity contribution in [3.05, 3.63) is 35.9 Å². The van der Waals surface area contributed by atoms with E-state index in [-0.39, 0.29) is 11.1 Å². The molecule has 0 radical (unpaired) electrons. The van der Waals surface area contributed by atoms with E-state index in [2.05, 4.69) is 49.1 Å². The molecular formula is C18H28N2O. The van der Waals surface area contributed by atoms with Crippen LogP contribution in [0.25, 0.3) is 0 Å². The van der Waals surface area contributed by atoms with Gasteiger partial charge in [0.1, 0.15) is 0 Å². The third-order valence-corrected chi connectivity index (χ3v) is 5.33. The Labute approximate surface area is 128 Å². The van der Waals surface area contributed by atoms with Crippen LogP contribution < -0.4 is 5.73 Å². The van der Waals surface area contributed by atoms with Crippen LogP contribution in [0.3, 0.4) is 0 Å². The summed E-state index contributed by atoms with van der Waals surface area (Å²) in [5.74, 6) is 0.653. The van der Waals surface area contributed by atoms with Gasteiger partial charge in [0.25, 0.3) is 0 Å². The second-order valence-electron chi connectivity index (χ2n) is 7.31. The van der Waals surface area contributed by atoms with Crippen LogP contribution in [0.4, 0.5) is 0 Å². The highest BCUT2D eigenvalue weighted by Gasteiger charge is 2.46. The van der Waals surface area contributed by atoms with Gasteiger partial charge in [-0.15, -0.1) is 0 Å². The minimum Gasteiger partial charge on any atom is -0.375 e. The molecule has 2 aliphatic rings. The normalized spacial score (nSPS) is 33.2. The van der Waals surface area contributed by atoms with Crippen molar-refractivity contribution in [1.29, 1.82) is 0 Å². The summed E-state index contributed by atoms with van der Waals surface area (Å²) in [7, 11) is 0. The molecule has 0 amide bonds. The SMILES string of the molecule is CC1(C)CC(CN)(N2CCC(c3ccccc3)C2)CCO1. The van der Waals surface area contributed by atoms with E-state index in [0.717, 1.165) is 39.1 Å². The molecule has 2 fully saturated rings. The summed E-state index contributed by atoms with van der Waals surface area (Å²) in [4.78, 5) is 2.65. The molecule has 0 saturated carbocycles. The number of nitrogens with zero attached hydrogens (tertiary/aromatic N) is 1. The van der Waals surface area contributed by atoms with Gasteiger partial charge in [0.15, 0.2) is 0 Å². The fourth-order valence-electron chi connectivity index (χ4n) is 4.21. The van der Waals surface area contributed by atoms with Gasteiger partial charge in [-0.2, -0.15) is 0 Å². The first-order valence-electron chi connectivity index (χ1n) is 8.19. The Hall–Kier alpha value is -0.900. The molecule has 2 unspecified atom stereocenters. The van der Waals surface area contributed by atoms with Crippen molar-refractivity contribution in [2.24, 2.45) is 5.73 Å². The Morgan fingerprint density at radius 1 is 1.29 bits per heavy atom. The van der Waals surface area contributed by atoms with Crippen LogP contribution in [0.2, 0.25) is 0 Å². The van der Waals surface area contributed by atoms with Crippen LogP contribution in [0.15, 0.2) is 30.3 Å². The molecule has 0 aromatic heterocycles. The lowest BCUT2D eigenvalue weighted by atomic mass is 9.80. The van der Waals surface area contributed by atoms with E-state index in [1.54, 1.807) is 0 Å². The first-order valence-corrected chi connectivity index (χ1v) is 8.19. The van der Waals surface area contributed by atoms with Gasteiger partial charge in [-0.05, 0) is 51.1 Å². The average Bonchev–Trinajstić information content (AvgIpc) is 2.97. The van der Waals surface area contributed by atoms with Crippen LogP contribution >= 0.6 is 0 Å². The Balaban J connectivity index is 1.75. The minimum absolute atomic E-state index is 0.0531. The Kier molecular flexibility index (Phi) is 4.08. The molecule has 1 aromatic rings. The lowest BCUT2D eigenvalue weighted by Crippen LogP contribution is -2.59. The van der Waals surface area contributed by atoms with E-state index in [9.17, 15) is 0 Å². The highest BCUT2D eigenvalue weighted by atomic mass is 16.5. The van der Waals surface area contributed by atoms with Crippen LogP contribution in [0.1, 0.15) is 44.6 Å². The van der Waals surface area contributed by atoms with Crippen LogP contribution in [-0.2, 0) is 4.74 Å². The molecule has 116 valence electrons. The number of nitrogens with two attached hydrogens (primary N) is 1. The molecule has 3 nitrogen and oxygen atoms in total. The van der Waals surface area contributed by atoms with Crippen molar-refractivity contribution >= 4 is 0 Å². The zero-order chi connectivity index (χ0) is 14.9. The average molecular weight is 288 g/mol. The van der Waals surface area contributed by atoms with Gasteiger partial charge in [0.2, 0.25) is 0 Å². The highest BCUT2D eigenvalue weighted by Crippen LogP contribution is 2.40. The predicted molar refractivity (Wildman–Crippen MR) is 86.4 cm³/mol.